The van der Waals surface area contributed by atoms with Gasteiger partial charge in [0.1, 0.15) is 11.5 Å². The second-order valence-electron chi connectivity index (χ2n) is 1.73. The molecule has 0 fully saturated rings. The highest BCUT2D eigenvalue weighted by atomic mass is 35.8. The Balaban J connectivity index is 0.000000261. The van der Waals surface area contributed by atoms with E-state index in [9.17, 15) is 0 Å². The van der Waals surface area contributed by atoms with Crippen LogP contribution in [0.2, 0.25) is 0 Å². The third-order valence-electron chi connectivity index (χ3n) is 0.830. The predicted octanol–water partition coefficient (Wildman–Crippen LogP) is 2.79. The van der Waals surface area contributed by atoms with Crippen LogP contribution in [0.1, 0.15) is 0 Å². The van der Waals surface area contributed by atoms with Crippen molar-refractivity contribution in [3.8, 4) is 11.5 Å². The Morgan fingerprint density at radius 2 is 1.33 bits per heavy atom. The first-order valence-corrected chi connectivity index (χ1v) is 7.37. The molecule has 0 heterocycles. The van der Waals surface area contributed by atoms with Crippen LogP contribution < -0.4 is 0 Å². The average molecular weight is 245 g/mol. The van der Waals surface area contributed by atoms with E-state index in [0.29, 0.717) is 0 Å². The van der Waals surface area contributed by atoms with E-state index in [4.69, 9.17) is 43.5 Å². The summed E-state index contributed by atoms with van der Waals surface area (Å²) in [6.45, 7) is -1.46. The molecule has 0 saturated carbocycles. The lowest BCUT2D eigenvalue weighted by molar-refractivity contribution is 0.450. The Morgan fingerprint density at radius 3 is 1.50 bits per heavy atom. The molecule has 0 aliphatic carbocycles. The van der Waals surface area contributed by atoms with Gasteiger partial charge in [0.2, 0.25) is 0 Å². The van der Waals surface area contributed by atoms with Crippen molar-refractivity contribution in [2.24, 2.45) is 0 Å². The van der Waals surface area contributed by atoms with Gasteiger partial charge in [-0.05, 0) is 12.1 Å². The van der Waals surface area contributed by atoms with Crippen LogP contribution in [0.3, 0.4) is 0 Å². The Morgan fingerprint density at radius 1 is 1.00 bits per heavy atom. The second-order valence-corrected chi connectivity index (χ2v) is 7.31. The number of rotatable bonds is 0. The first-order chi connectivity index (χ1) is 5.52. The van der Waals surface area contributed by atoms with E-state index >= 15 is 0 Å². The summed E-state index contributed by atoms with van der Waals surface area (Å²) in [6, 6.07) is 5.85. The van der Waals surface area contributed by atoms with Gasteiger partial charge in [-0.3, -0.25) is 0 Å². The quantitative estimate of drug-likeness (QED) is 0.544. The normalized spacial score (nSPS) is 9.00. The molecule has 6 heteroatoms. The van der Waals surface area contributed by atoms with Crippen molar-refractivity contribution in [1.82, 2.24) is 0 Å². The van der Waals surface area contributed by atoms with Crippen LogP contribution in [0.15, 0.2) is 24.3 Å². The van der Waals surface area contributed by atoms with Gasteiger partial charge in [0.05, 0.1) is 0 Å². The van der Waals surface area contributed by atoms with Crippen LogP contribution in [0.25, 0.3) is 0 Å². The van der Waals surface area contributed by atoms with Gasteiger partial charge in [-0.1, -0.05) is 6.07 Å². The number of phenolic OH excluding ortho intramolecular Hbond substituents is 2. The number of halogens is 3. The summed E-state index contributed by atoms with van der Waals surface area (Å²) in [5.74, 6) is 0.176. The van der Waals surface area contributed by atoms with Crippen molar-refractivity contribution in [1.29, 1.82) is 0 Å². The van der Waals surface area contributed by atoms with Crippen LogP contribution in [0, 0.1) is 0 Å². The van der Waals surface area contributed by atoms with Crippen LogP contribution in [0.4, 0.5) is 0 Å². The summed E-state index contributed by atoms with van der Waals surface area (Å²) in [7, 11) is 0. The lowest BCUT2D eigenvalue weighted by Crippen LogP contribution is -1.66. The van der Waals surface area contributed by atoms with E-state index in [2.05, 4.69) is 0 Å². The Hall–Kier alpha value is -0.0931. The number of aromatic hydroxyl groups is 2. The standard InChI is InChI=1S/C6H6O2.Cl3Si/c7-5-2-1-3-6(8)4-5;1-4(2)3/h1-4,7-8H;. The molecule has 12 heavy (non-hydrogen) atoms. The fraction of sp³-hybridized carbons (Fsp3) is 0. The largest absolute Gasteiger partial charge is 0.508 e. The highest BCUT2D eigenvalue weighted by molar-refractivity contribution is 7.54. The van der Waals surface area contributed by atoms with Crippen molar-refractivity contribution < 1.29 is 10.2 Å². The van der Waals surface area contributed by atoms with Gasteiger partial charge in [0.25, 0.3) is 0 Å². The fourth-order valence-corrected chi connectivity index (χ4v) is 0.493. The highest BCUT2D eigenvalue weighted by Crippen LogP contribution is 2.14. The summed E-state index contributed by atoms with van der Waals surface area (Å²) in [6.07, 6.45) is 0. The van der Waals surface area contributed by atoms with Crippen LogP contribution in [-0.2, 0) is 0 Å². The number of phenols is 2. The van der Waals surface area contributed by atoms with Gasteiger partial charge in [-0.25, -0.2) is 0 Å². The van der Waals surface area contributed by atoms with Crippen LogP contribution in [0.5, 0.6) is 11.5 Å². The second kappa shape index (κ2) is 6.43. The molecule has 0 saturated heterocycles. The molecule has 0 spiro atoms. The van der Waals surface area contributed by atoms with E-state index in [1.807, 2.05) is 0 Å². The maximum Gasteiger partial charge on any atom is 0.376 e. The van der Waals surface area contributed by atoms with Crippen molar-refractivity contribution in [2.75, 3.05) is 0 Å². The first-order valence-electron chi connectivity index (χ1n) is 2.84. The molecule has 2 nitrogen and oxygen atoms in total. The van der Waals surface area contributed by atoms with Crippen molar-refractivity contribution in [2.45, 2.75) is 0 Å². The third-order valence-corrected chi connectivity index (χ3v) is 0.830. The lowest BCUT2D eigenvalue weighted by atomic mass is 10.3. The Kier molecular flexibility index (Phi) is 6.38. The van der Waals surface area contributed by atoms with Crippen molar-refractivity contribution in [3.63, 3.8) is 0 Å². The van der Waals surface area contributed by atoms with Gasteiger partial charge < -0.3 is 10.2 Å². The number of hydrogen-bond acceptors (Lipinski definition) is 2. The minimum Gasteiger partial charge on any atom is -0.508 e. The van der Waals surface area contributed by atoms with Crippen molar-refractivity contribution in [3.05, 3.63) is 24.3 Å². The fourth-order valence-electron chi connectivity index (χ4n) is 0.493. The van der Waals surface area contributed by atoms with Gasteiger partial charge in [-0.15, -0.1) is 33.2 Å². The van der Waals surface area contributed by atoms with Gasteiger partial charge in [0, 0.05) is 6.07 Å². The molecule has 0 atom stereocenters. The van der Waals surface area contributed by atoms with Gasteiger partial charge in [-0.2, -0.15) is 0 Å². The maximum atomic E-state index is 8.65. The van der Waals surface area contributed by atoms with Gasteiger partial charge in [0.15, 0.2) is 0 Å². The van der Waals surface area contributed by atoms with E-state index in [1.54, 1.807) is 6.07 Å². The molecule has 0 aromatic heterocycles. The van der Waals surface area contributed by atoms with Gasteiger partial charge >= 0.3 is 6.73 Å². The van der Waals surface area contributed by atoms with E-state index in [-0.39, 0.29) is 11.5 Å². The monoisotopic (exact) mass is 243 g/mol. The molecular weight excluding hydrogens is 239 g/mol. The zero-order valence-electron chi connectivity index (χ0n) is 5.84. The molecule has 0 aliphatic rings. The summed E-state index contributed by atoms with van der Waals surface area (Å²) >= 11 is 14.7. The average Bonchev–Trinajstić information content (AvgIpc) is 1.84. The molecule has 0 unspecified atom stereocenters. The maximum absolute atomic E-state index is 8.65. The van der Waals surface area contributed by atoms with E-state index < -0.39 is 6.73 Å². The zero-order valence-corrected chi connectivity index (χ0v) is 9.11. The summed E-state index contributed by atoms with van der Waals surface area (Å²) in [5.41, 5.74) is 0. The van der Waals surface area contributed by atoms with Crippen molar-refractivity contribution >= 4 is 40.0 Å². The topological polar surface area (TPSA) is 40.5 Å². The smallest absolute Gasteiger partial charge is 0.376 e. The summed E-state index contributed by atoms with van der Waals surface area (Å²) < 4.78 is 0. The molecule has 1 rings (SSSR count). The third kappa shape index (κ3) is 8.01. The molecule has 0 aliphatic heterocycles. The zero-order chi connectivity index (χ0) is 9.56. The molecule has 67 valence electrons. The number of hydrogen-bond donors (Lipinski definition) is 2. The Bertz CT molecular complexity index is 212. The molecular formula is C6H6Cl3O2Si. The first kappa shape index (κ1) is 11.9. The molecule has 0 amide bonds. The predicted molar refractivity (Wildman–Crippen MR) is 53.1 cm³/mol. The minimum absolute atomic E-state index is 0.0880. The van der Waals surface area contributed by atoms with Crippen LogP contribution in [-0.4, -0.2) is 16.9 Å². The molecule has 1 radical (unpaired) electrons. The molecule has 2 N–H and O–H groups in total. The highest BCUT2D eigenvalue weighted by Gasteiger charge is 1.88. The lowest BCUT2D eigenvalue weighted by Gasteiger charge is -1.89. The molecule has 1 aromatic carbocycles. The summed E-state index contributed by atoms with van der Waals surface area (Å²) in [5, 5.41) is 17.3. The minimum atomic E-state index is -1.46. The Labute approximate surface area is 86.0 Å². The van der Waals surface area contributed by atoms with E-state index in [1.165, 1.54) is 18.2 Å². The molecule has 0 bridgehead atoms. The van der Waals surface area contributed by atoms with Crippen LogP contribution >= 0.6 is 33.2 Å². The summed E-state index contributed by atoms with van der Waals surface area (Å²) in [4.78, 5) is 0. The SMILES string of the molecule is Cl[Si](Cl)Cl.Oc1cccc(O)c1. The van der Waals surface area contributed by atoms with E-state index in [0.717, 1.165) is 0 Å². The number of benzene rings is 1. The molecule has 1 aromatic rings.